The number of amides is 1. The van der Waals surface area contributed by atoms with E-state index in [-0.39, 0.29) is 11.7 Å². The number of aromatic nitrogens is 1. The Morgan fingerprint density at radius 2 is 1.96 bits per heavy atom. The zero-order valence-electron chi connectivity index (χ0n) is 14.0. The van der Waals surface area contributed by atoms with Gasteiger partial charge in [0, 0.05) is 31.1 Å². The van der Waals surface area contributed by atoms with E-state index in [0.717, 1.165) is 5.56 Å². The van der Waals surface area contributed by atoms with Gasteiger partial charge < -0.3 is 26.5 Å². The van der Waals surface area contributed by atoms with Gasteiger partial charge in [0.1, 0.15) is 17.2 Å². The van der Waals surface area contributed by atoms with Crippen molar-refractivity contribution in [2.45, 2.75) is 6.54 Å². The van der Waals surface area contributed by atoms with E-state index in [1.54, 1.807) is 25.2 Å². The molecule has 0 atom stereocenters. The highest BCUT2D eigenvalue weighted by Crippen LogP contribution is 2.32. The number of nitrogens with zero attached hydrogens (tertiary/aromatic N) is 1. The van der Waals surface area contributed by atoms with Crippen molar-refractivity contribution >= 4 is 34.4 Å². The molecule has 1 heterocycles. The molecule has 0 saturated heterocycles. The van der Waals surface area contributed by atoms with E-state index in [1.807, 2.05) is 24.3 Å². The van der Waals surface area contributed by atoms with E-state index in [0.29, 0.717) is 34.0 Å². The number of H-pyrrole nitrogens is 1. The van der Waals surface area contributed by atoms with Crippen LogP contribution in [-0.2, 0) is 6.54 Å². The summed E-state index contributed by atoms with van der Waals surface area (Å²) in [5.41, 5.74) is 13.1. The standard InChI is InChI=1S/C18H18ClN5O2/c1-22-18(21)24-17(25)16-8-13-14(19)6-12(7-15(13)23-16)26-11-4-2-10(9-20)3-5-11/h2-8,23H,9,20H2,1H3,(H3,21,22,24,25). The Morgan fingerprint density at radius 3 is 2.62 bits per heavy atom. The fraction of sp³-hybridized carbons (Fsp3) is 0.111. The van der Waals surface area contributed by atoms with Crippen molar-refractivity contribution in [2.24, 2.45) is 16.5 Å². The highest BCUT2D eigenvalue weighted by molar-refractivity contribution is 6.35. The minimum atomic E-state index is -0.496. The number of carbonyl (C=O) groups excluding carboxylic acids is 1. The van der Waals surface area contributed by atoms with Crippen molar-refractivity contribution in [3.05, 3.63) is 58.7 Å². The smallest absolute Gasteiger partial charge is 0.296 e. The predicted octanol–water partition coefficient (Wildman–Crippen LogP) is 2.75. The minimum Gasteiger partial charge on any atom is -0.457 e. The number of benzene rings is 2. The summed E-state index contributed by atoms with van der Waals surface area (Å²) in [6, 6.07) is 12.5. The lowest BCUT2D eigenvalue weighted by Gasteiger charge is -2.07. The molecular weight excluding hydrogens is 354 g/mol. The van der Waals surface area contributed by atoms with Crippen LogP contribution < -0.4 is 21.5 Å². The molecule has 0 fully saturated rings. The van der Waals surface area contributed by atoms with Gasteiger partial charge in [0.2, 0.25) is 0 Å². The van der Waals surface area contributed by atoms with Gasteiger partial charge in [-0.05, 0) is 23.8 Å². The molecule has 0 aliphatic carbocycles. The Morgan fingerprint density at radius 1 is 1.23 bits per heavy atom. The summed E-state index contributed by atoms with van der Waals surface area (Å²) in [5.74, 6) is 0.739. The molecule has 0 bridgehead atoms. The first-order chi connectivity index (χ1) is 12.5. The molecule has 134 valence electrons. The number of rotatable bonds is 4. The summed E-state index contributed by atoms with van der Waals surface area (Å²) in [6.07, 6.45) is 0. The molecular formula is C18H18ClN5O2. The summed E-state index contributed by atoms with van der Waals surface area (Å²) >= 11 is 6.33. The number of hydrogen-bond donors (Lipinski definition) is 4. The minimum absolute atomic E-state index is 0.0321. The number of carbonyl (C=O) groups is 1. The van der Waals surface area contributed by atoms with Crippen LogP contribution in [0.5, 0.6) is 11.5 Å². The van der Waals surface area contributed by atoms with Crippen molar-refractivity contribution in [2.75, 3.05) is 7.05 Å². The van der Waals surface area contributed by atoms with Crippen molar-refractivity contribution < 1.29 is 9.53 Å². The van der Waals surface area contributed by atoms with Crippen molar-refractivity contribution in [1.29, 1.82) is 0 Å². The summed E-state index contributed by atoms with van der Waals surface area (Å²) in [4.78, 5) is 18.8. The SMILES string of the molecule is CNC(N)=NC(=O)c1cc2c(Cl)cc(Oc3ccc(CN)cc3)cc2[nH]1. The highest BCUT2D eigenvalue weighted by Gasteiger charge is 2.13. The molecule has 1 amide bonds. The van der Waals surface area contributed by atoms with E-state index in [9.17, 15) is 4.79 Å². The lowest BCUT2D eigenvalue weighted by Crippen LogP contribution is -2.28. The van der Waals surface area contributed by atoms with Gasteiger partial charge in [-0.1, -0.05) is 23.7 Å². The zero-order valence-corrected chi connectivity index (χ0v) is 14.8. The maximum absolute atomic E-state index is 12.1. The van der Waals surface area contributed by atoms with E-state index in [2.05, 4.69) is 15.3 Å². The van der Waals surface area contributed by atoms with Gasteiger partial charge >= 0.3 is 0 Å². The number of hydrogen-bond acceptors (Lipinski definition) is 3. The number of aliphatic imine (C=N–C) groups is 1. The normalized spacial score (nSPS) is 11.6. The molecule has 7 nitrogen and oxygen atoms in total. The quantitative estimate of drug-likeness (QED) is 0.415. The van der Waals surface area contributed by atoms with Crippen molar-refractivity contribution in [3.8, 4) is 11.5 Å². The summed E-state index contributed by atoms with van der Waals surface area (Å²) in [5, 5.41) is 3.74. The Kier molecular flexibility index (Phi) is 5.11. The number of ether oxygens (including phenoxy) is 1. The van der Waals surface area contributed by atoms with Gasteiger partial charge in [0.15, 0.2) is 5.96 Å². The third-order valence-electron chi connectivity index (χ3n) is 3.76. The van der Waals surface area contributed by atoms with Gasteiger partial charge in [-0.3, -0.25) is 4.79 Å². The number of guanidine groups is 1. The lowest BCUT2D eigenvalue weighted by molar-refractivity contribution is 0.0998. The summed E-state index contributed by atoms with van der Waals surface area (Å²) < 4.78 is 5.83. The second-order valence-corrected chi connectivity index (χ2v) is 5.96. The molecule has 8 heteroatoms. The lowest BCUT2D eigenvalue weighted by atomic mass is 10.2. The Labute approximate surface area is 155 Å². The van der Waals surface area contributed by atoms with Gasteiger partial charge in [-0.25, -0.2) is 0 Å². The average molecular weight is 372 g/mol. The molecule has 0 spiro atoms. The van der Waals surface area contributed by atoms with E-state index in [4.69, 9.17) is 27.8 Å². The Balaban J connectivity index is 1.90. The van der Waals surface area contributed by atoms with Crippen molar-refractivity contribution in [1.82, 2.24) is 10.3 Å². The van der Waals surface area contributed by atoms with Gasteiger partial charge in [0.25, 0.3) is 5.91 Å². The van der Waals surface area contributed by atoms with Crippen LogP contribution in [0.3, 0.4) is 0 Å². The van der Waals surface area contributed by atoms with Crippen LogP contribution in [0.25, 0.3) is 10.9 Å². The number of nitrogens with one attached hydrogen (secondary N) is 2. The van der Waals surface area contributed by atoms with Crippen LogP contribution in [0, 0.1) is 0 Å². The summed E-state index contributed by atoms with van der Waals surface area (Å²) in [7, 11) is 1.58. The molecule has 26 heavy (non-hydrogen) atoms. The molecule has 0 unspecified atom stereocenters. The highest BCUT2D eigenvalue weighted by atomic mass is 35.5. The van der Waals surface area contributed by atoms with E-state index < -0.39 is 5.91 Å². The largest absolute Gasteiger partial charge is 0.457 e. The Hall–Kier alpha value is -3.03. The van der Waals surface area contributed by atoms with Crippen LogP contribution in [0.2, 0.25) is 5.02 Å². The molecule has 0 saturated carbocycles. The topological polar surface area (TPSA) is 119 Å². The first-order valence-electron chi connectivity index (χ1n) is 7.85. The van der Waals surface area contributed by atoms with Gasteiger partial charge in [-0.2, -0.15) is 4.99 Å². The molecule has 0 radical (unpaired) electrons. The zero-order chi connectivity index (χ0) is 18.7. The summed E-state index contributed by atoms with van der Waals surface area (Å²) in [6.45, 7) is 0.470. The number of fused-ring (bicyclic) bond motifs is 1. The molecule has 1 aromatic heterocycles. The van der Waals surface area contributed by atoms with Gasteiger partial charge in [-0.15, -0.1) is 0 Å². The molecule has 0 aliphatic heterocycles. The number of halogens is 1. The van der Waals surface area contributed by atoms with E-state index in [1.165, 1.54) is 0 Å². The number of nitrogens with two attached hydrogens (primary N) is 2. The average Bonchev–Trinajstić information content (AvgIpc) is 3.07. The maximum Gasteiger partial charge on any atom is 0.296 e. The van der Waals surface area contributed by atoms with Crippen LogP contribution in [0.4, 0.5) is 0 Å². The van der Waals surface area contributed by atoms with E-state index >= 15 is 0 Å². The van der Waals surface area contributed by atoms with Crippen LogP contribution in [0.15, 0.2) is 47.5 Å². The van der Waals surface area contributed by atoms with Crippen LogP contribution >= 0.6 is 11.6 Å². The molecule has 3 rings (SSSR count). The monoisotopic (exact) mass is 371 g/mol. The fourth-order valence-electron chi connectivity index (χ4n) is 2.40. The molecule has 3 aromatic rings. The fourth-order valence-corrected chi connectivity index (χ4v) is 2.66. The Bertz CT molecular complexity index is 979. The first-order valence-corrected chi connectivity index (χ1v) is 8.23. The first kappa shape index (κ1) is 17.8. The van der Waals surface area contributed by atoms with Crippen LogP contribution in [0.1, 0.15) is 16.1 Å². The second kappa shape index (κ2) is 7.47. The predicted molar refractivity (Wildman–Crippen MR) is 103 cm³/mol. The molecule has 6 N–H and O–H groups in total. The second-order valence-electron chi connectivity index (χ2n) is 5.55. The third-order valence-corrected chi connectivity index (χ3v) is 4.08. The molecule has 2 aromatic carbocycles. The van der Waals surface area contributed by atoms with Crippen molar-refractivity contribution in [3.63, 3.8) is 0 Å². The molecule has 0 aliphatic rings. The maximum atomic E-state index is 12.1. The third kappa shape index (κ3) is 3.79. The van der Waals surface area contributed by atoms with Crippen LogP contribution in [-0.4, -0.2) is 23.9 Å². The number of aromatic amines is 1. The van der Waals surface area contributed by atoms with Gasteiger partial charge in [0.05, 0.1) is 10.5 Å².